The minimum atomic E-state index is -3.41. The summed E-state index contributed by atoms with van der Waals surface area (Å²) in [5.41, 5.74) is 4.12. The van der Waals surface area contributed by atoms with Gasteiger partial charge in [0.1, 0.15) is 0 Å². The van der Waals surface area contributed by atoms with Crippen LogP contribution in [0.2, 0.25) is 0 Å². The van der Waals surface area contributed by atoms with Gasteiger partial charge in [-0.1, -0.05) is 28.1 Å². The molecule has 0 radical (unpaired) electrons. The van der Waals surface area contributed by atoms with Crippen molar-refractivity contribution in [2.75, 3.05) is 19.4 Å². The van der Waals surface area contributed by atoms with E-state index in [0.29, 0.717) is 11.7 Å². The van der Waals surface area contributed by atoms with Crippen LogP contribution in [0.3, 0.4) is 0 Å². The van der Waals surface area contributed by atoms with E-state index < -0.39 is 10.0 Å². The van der Waals surface area contributed by atoms with Crippen LogP contribution in [0.4, 0.5) is 5.69 Å². The van der Waals surface area contributed by atoms with E-state index in [-0.39, 0.29) is 4.90 Å². The molecule has 2 aromatic carbocycles. The maximum Gasteiger partial charge on any atom is 0.242 e. The monoisotopic (exact) mass is 455 g/mol. The summed E-state index contributed by atoms with van der Waals surface area (Å²) in [7, 11) is -0.378. The highest BCUT2D eigenvalue weighted by Crippen LogP contribution is 2.25. The lowest BCUT2D eigenvalue weighted by Crippen LogP contribution is -2.28. The molecule has 0 aliphatic carbocycles. The summed E-state index contributed by atoms with van der Waals surface area (Å²) in [6.45, 7) is 4.54. The Bertz CT molecular complexity index is 888. The lowest BCUT2D eigenvalue weighted by atomic mass is 10.1. The molecule has 0 fully saturated rings. The second-order valence-corrected chi connectivity index (χ2v) is 9.63. The number of rotatable bonds is 5. The molecule has 0 heterocycles. The second kappa shape index (κ2) is 8.47. The number of sulfonamides is 1. The van der Waals surface area contributed by atoms with Gasteiger partial charge >= 0.3 is 0 Å². The normalized spacial score (nSPS) is 11.5. The fraction of sp³-hybridized carbons (Fsp3) is 0.278. The van der Waals surface area contributed by atoms with Gasteiger partial charge in [0, 0.05) is 30.8 Å². The Morgan fingerprint density at radius 3 is 2.15 bits per heavy atom. The molecule has 0 aliphatic rings. The van der Waals surface area contributed by atoms with E-state index in [1.807, 2.05) is 26.0 Å². The van der Waals surface area contributed by atoms with Gasteiger partial charge in [-0.15, -0.1) is 0 Å². The van der Waals surface area contributed by atoms with Crippen LogP contribution in [0.25, 0.3) is 0 Å². The highest BCUT2D eigenvalue weighted by molar-refractivity contribution is 9.10. The predicted octanol–water partition coefficient (Wildman–Crippen LogP) is 3.80. The van der Waals surface area contributed by atoms with Gasteiger partial charge in [-0.05, 0) is 67.0 Å². The van der Waals surface area contributed by atoms with Crippen LogP contribution in [0, 0.1) is 13.8 Å². The molecule has 0 amide bonds. The number of thiocarbonyl (C=S) groups is 1. The van der Waals surface area contributed by atoms with E-state index in [4.69, 9.17) is 12.2 Å². The van der Waals surface area contributed by atoms with E-state index in [2.05, 4.69) is 26.6 Å². The lowest BCUT2D eigenvalue weighted by Gasteiger charge is -2.16. The van der Waals surface area contributed by atoms with Gasteiger partial charge < -0.3 is 10.6 Å². The Morgan fingerprint density at radius 2 is 1.65 bits per heavy atom. The van der Waals surface area contributed by atoms with Crippen molar-refractivity contribution in [3.63, 3.8) is 0 Å². The predicted molar refractivity (Wildman–Crippen MR) is 114 cm³/mol. The van der Waals surface area contributed by atoms with Crippen LogP contribution in [-0.2, 0) is 16.6 Å². The smallest absolute Gasteiger partial charge is 0.242 e. The largest absolute Gasteiger partial charge is 0.358 e. The Balaban J connectivity index is 2.00. The van der Waals surface area contributed by atoms with Crippen molar-refractivity contribution >= 4 is 49.0 Å². The highest BCUT2D eigenvalue weighted by Gasteiger charge is 2.16. The van der Waals surface area contributed by atoms with Crippen LogP contribution >= 0.6 is 28.1 Å². The van der Waals surface area contributed by atoms with Gasteiger partial charge in [-0.25, -0.2) is 12.7 Å². The molecule has 0 bridgehead atoms. The maximum atomic E-state index is 12.1. The summed E-state index contributed by atoms with van der Waals surface area (Å²) in [6.07, 6.45) is 0. The summed E-state index contributed by atoms with van der Waals surface area (Å²) in [6, 6.07) is 10.8. The van der Waals surface area contributed by atoms with Crippen LogP contribution in [0.5, 0.6) is 0 Å². The molecule has 8 heteroatoms. The average Bonchev–Trinajstić information content (AvgIpc) is 2.56. The van der Waals surface area contributed by atoms with E-state index in [1.165, 1.54) is 18.4 Å². The molecule has 0 aromatic heterocycles. The molecule has 0 spiro atoms. The number of nitrogens with one attached hydrogen (secondary N) is 2. The second-order valence-electron chi connectivity index (χ2n) is 6.15. The third kappa shape index (κ3) is 5.03. The van der Waals surface area contributed by atoms with E-state index in [0.717, 1.165) is 26.9 Å². The third-order valence-corrected chi connectivity index (χ3v) is 6.42. The van der Waals surface area contributed by atoms with Gasteiger partial charge in [0.15, 0.2) is 5.11 Å². The number of hydrogen-bond donors (Lipinski definition) is 2. The van der Waals surface area contributed by atoms with Crippen molar-refractivity contribution in [3.05, 3.63) is 57.6 Å². The number of benzene rings is 2. The number of aryl methyl sites for hydroxylation is 2. The number of nitrogens with zero attached hydrogens (tertiary/aromatic N) is 1. The first-order valence-electron chi connectivity index (χ1n) is 7.94. The molecular weight excluding hydrogens is 434 g/mol. The number of anilines is 1. The summed E-state index contributed by atoms with van der Waals surface area (Å²) in [5.74, 6) is 0. The molecule has 26 heavy (non-hydrogen) atoms. The Morgan fingerprint density at radius 1 is 1.12 bits per heavy atom. The molecule has 0 aliphatic heterocycles. The van der Waals surface area contributed by atoms with Crippen LogP contribution < -0.4 is 10.6 Å². The lowest BCUT2D eigenvalue weighted by molar-refractivity contribution is 0.520. The SMILES string of the molecule is Cc1cc(Br)cc(C)c1NC(=S)NCc1ccc(S(=O)(=O)N(C)C)cc1. The zero-order valence-electron chi connectivity index (χ0n) is 15.1. The van der Waals surface area contributed by atoms with Crippen LogP contribution in [-0.4, -0.2) is 31.9 Å². The standard InChI is InChI=1S/C18H22BrN3O2S2/c1-12-9-15(19)10-13(2)17(12)21-18(25)20-11-14-5-7-16(8-6-14)26(23,24)22(3)4/h5-10H,11H2,1-4H3,(H2,20,21,25). The minimum Gasteiger partial charge on any atom is -0.358 e. The topological polar surface area (TPSA) is 61.4 Å². The molecule has 0 saturated heterocycles. The van der Waals surface area contributed by atoms with Gasteiger partial charge in [-0.3, -0.25) is 0 Å². The average molecular weight is 456 g/mol. The quantitative estimate of drug-likeness (QED) is 0.671. The number of hydrogen-bond acceptors (Lipinski definition) is 3. The summed E-state index contributed by atoms with van der Waals surface area (Å²) < 4.78 is 26.4. The molecule has 5 nitrogen and oxygen atoms in total. The van der Waals surface area contributed by atoms with Crippen molar-refractivity contribution in [2.24, 2.45) is 0 Å². The Labute approximate surface area is 169 Å². The van der Waals surface area contributed by atoms with Crippen molar-refractivity contribution in [2.45, 2.75) is 25.3 Å². The first kappa shape index (κ1) is 20.8. The molecular formula is C18H22BrN3O2S2. The van der Waals surface area contributed by atoms with Gasteiger partial charge in [0.05, 0.1) is 4.90 Å². The van der Waals surface area contributed by atoms with Gasteiger partial charge in [0.2, 0.25) is 10.0 Å². The molecule has 2 aromatic rings. The first-order chi connectivity index (χ1) is 12.1. The van der Waals surface area contributed by atoms with Crippen LogP contribution in [0.15, 0.2) is 45.8 Å². The zero-order chi connectivity index (χ0) is 19.5. The van der Waals surface area contributed by atoms with Crippen molar-refractivity contribution < 1.29 is 8.42 Å². The Kier molecular flexibility index (Phi) is 6.79. The summed E-state index contributed by atoms with van der Waals surface area (Å²) in [4.78, 5) is 0.271. The van der Waals surface area contributed by atoms with Gasteiger partial charge in [-0.2, -0.15) is 0 Å². The maximum absolute atomic E-state index is 12.1. The molecule has 0 unspecified atom stereocenters. The van der Waals surface area contributed by atoms with E-state index in [1.54, 1.807) is 24.3 Å². The molecule has 140 valence electrons. The first-order valence-corrected chi connectivity index (χ1v) is 10.6. The molecule has 2 rings (SSSR count). The fourth-order valence-electron chi connectivity index (χ4n) is 2.44. The highest BCUT2D eigenvalue weighted by atomic mass is 79.9. The molecule has 0 saturated carbocycles. The zero-order valence-corrected chi connectivity index (χ0v) is 18.3. The Hall–Kier alpha value is -1.48. The fourth-order valence-corrected chi connectivity index (χ4v) is 4.20. The molecule has 0 atom stereocenters. The van der Waals surface area contributed by atoms with Gasteiger partial charge in [0.25, 0.3) is 0 Å². The minimum absolute atomic E-state index is 0.271. The van der Waals surface area contributed by atoms with Crippen molar-refractivity contribution in [1.29, 1.82) is 0 Å². The van der Waals surface area contributed by atoms with E-state index in [9.17, 15) is 8.42 Å². The number of halogens is 1. The summed E-state index contributed by atoms with van der Waals surface area (Å²) >= 11 is 8.85. The molecule has 2 N–H and O–H groups in total. The summed E-state index contributed by atoms with van der Waals surface area (Å²) in [5, 5.41) is 6.89. The third-order valence-electron chi connectivity index (χ3n) is 3.89. The van der Waals surface area contributed by atoms with Crippen molar-refractivity contribution in [1.82, 2.24) is 9.62 Å². The van der Waals surface area contributed by atoms with E-state index >= 15 is 0 Å². The van der Waals surface area contributed by atoms with Crippen LogP contribution in [0.1, 0.15) is 16.7 Å². The van der Waals surface area contributed by atoms with Crippen molar-refractivity contribution in [3.8, 4) is 0 Å².